The average molecular weight is 1040 g/mol. The maximum Gasteiger partial charge on any atom is 0.446 e. The zero-order valence-corrected chi connectivity index (χ0v) is 36.4. The van der Waals surface area contributed by atoms with E-state index in [1.54, 1.807) is 0 Å². The molecule has 59 heavy (non-hydrogen) atoms. The van der Waals surface area contributed by atoms with Gasteiger partial charge in [-0.1, -0.05) is 12.6 Å². The maximum absolute atomic E-state index is 13.5. The van der Waals surface area contributed by atoms with Crippen molar-refractivity contribution in [2.75, 3.05) is 60.3 Å². The second-order valence-electron chi connectivity index (χ2n) is 11.6. The highest BCUT2D eigenvalue weighted by Gasteiger charge is 2.24. The van der Waals surface area contributed by atoms with Gasteiger partial charge in [0, 0.05) is 37.1 Å². The summed E-state index contributed by atoms with van der Waals surface area (Å²) in [6, 6.07) is 7.76. The number of hydrogen-bond acceptors (Lipinski definition) is 19. The van der Waals surface area contributed by atoms with Gasteiger partial charge in [0.25, 0.3) is 20.0 Å². The van der Waals surface area contributed by atoms with E-state index < -0.39 is 56.9 Å². The lowest BCUT2D eigenvalue weighted by atomic mass is 10.3. The van der Waals surface area contributed by atoms with Gasteiger partial charge in [0.05, 0.1) is 52.3 Å². The van der Waals surface area contributed by atoms with Crippen LogP contribution >= 0.6 is 31.9 Å². The molecule has 0 aliphatic heterocycles. The molecule has 0 saturated heterocycles. The molecule has 0 saturated carbocycles. The zero-order chi connectivity index (χ0) is 43.1. The number of amidine groups is 1. The first-order valence-corrected chi connectivity index (χ1v) is 24.9. The third-order valence-corrected chi connectivity index (χ3v) is 14.4. The van der Waals surface area contributed by atoms with Gasteiger partial charge in [-0.2, -0.15) is 0 Å². The van der Waals surface area contributed by atoms with Gasteiger partial charge in [-0.3, -0.25) is 15.2 Å². The quantitative estimate of drug-likeness (QED) is 0.0703. The van der Waals surface area contributed by atoms with E-state index in [1.165, 1.54) is 42.8 Å². The molecule has 31 heteroatoms. The van der Waals surface area contributed by atoms with Crippen LogP contribution in [-0.2, 0) is 39.5 Å². The minimum Gasteiger partial charge on any atom is -0.364 e. The first kappa shape index (κ1) is 48.7. The molecule has 0 radical (unpaired) electrons. The van der Waals surface area contributed by atoms with E-state index in [1.807, 2.05) is 5.48 Å². The van der Waals surface area contributed by atoms with E-state index in [0.717, 1.165) is 23.1 Å². The molecule has 2 aromatic carbocycles. The number of sulfonamides is 2. The SMILES string of the molecule is C.CS(=O)(=O)N=S(C)(=O)CCNc1nonc1-c1noc(=O)n1-c1ccc(F)c(Br)c1.CS(=O)(=O)N=S(C)(=O)CCNc1nonc1C(=Nc1ccc(F)c(Br)c1)NO. The Labute approximate surface area is 352 Å². The number of nitrogens with one attached hydrogen (secondary N) is 3. The van der Waals surface area contributed by atoms with E-state index >= 15 is 0 Å². The smallest absolute Gasteiger partial charge is 0.364 e. The highest BCUT2D eigenvalue weighted by Crippen LogP contribution is 2.26. The fourth-order valence-corrected chi connectivity index (χ4v) is 11.2. The lowest BCUT2D eigenvalue weighted by Crippen LogP contribution is -2.23. The summed E-state index contributed by atoms with van der Waals surface area (Å²) in [6.45, 7) is 0.0239. The summed E-state index contributed by atoms with van der Waals surface area (Å²) >= 11 is 6.07. The van der Waals surface area contributed by atoms with E-state index in [0.29, 0.717) is 5.69 Å². The molecule has 2 unspecified atom stereocenters. The Kier molecular flexibility index (Phi) is 16.5. The van der Waals surface area contributed by atoms with E-state index in [2.05, 4.69) is 90.1 Å². The fourth-order valence-electron chi connectivity index (χ4n) is 4.34. The van der Waals surface area contributed by atoms with Crippen molar-refractivity contribution >= 4 is 94.5 Å². The molecule has 0 amide bonds. The second kappa shape index (κ2) is 20.0. The van der Waals surface area contributed by atoms with Crippen LogP contribution in [0.3, 0.4) is 0 Å². The predicted octanol–water partition coefficient (Wildman–Crippen LogP) is 3.38. The summed E-state index contributed by atoms with van der Waals surface area (Å²) in [5.74, 6) is -2.24. The lowest BCUT2D eigenvalue weighted by Gasteiger charge is -2.07. The minimum absolute atomic E-state index is 0. The Hall–Kier alpha value is -4.69. The molecule has 0 fully saturated rings. The number of aromatic nitrogens is 6. The van der Waals surface area contributed by atoms with Crippen LogP contribution in [0.25, 0.3) is 17.2 Å². The van der Waals surface area contributed by atoms with Crippen LogP contribution in [-0.4, -0.2) is 116 Å². The summed E-state index contributed by atoms with van der Waals surface area (Å²) < 4.78 is 118. The Balaban J connectivity index is 0.000000311. The Morgan fingerprint density at radius 1 is 0.780 bits per heavy atom. The van der Waals surface area contributed by atoms with Gasteiger partial charge >= 0.3 is 5.76 Å². The van der Waals surface area contributed by atoms with Crippen molar-refractivity contribution in [1.29, 1.82) is 0 Å². The molecular formula is C28H34Br2F2N12O11S4. The van der Waals surface area contributed by atoms with Crippen LogP contribution in [0.1, 0.15) is 13.1 Å². The second-order valence-corrected chi connectivity index (χ2v) is 22.1. The van der Waals surface area contributed by atoms with Crippen LogP contribution in [0.15, 0.2) is 76.4 Å². The number of rotatable bonds is 14. The van der Waals surface area contributed by atoms with Gasteiger partial charge in [-0.05, 0) is 88.9 Å². The average Bonchev–Trinajstić information content (AvgIpc) is 3.85. The topological polar surface area (TPSA) is 322 Å². The molecule has 4 N–H and O–H groups in total. The van der Waals surface area contributed by atoms with Crippen molar-refractivity contribution in [2.45, 2.75) is 7.43 Å². The number of hydrogen-bond donors (Lipinski definition) is 4. The number of anilines is 2. The summed E-state index contributed by atoms with van der Waals surface area (Å²) in [4.78, 5) is 16.2. The first-order valence-electron chi connectivity index (χ1n) is 15.4. The van der Waals surface area contributed by atoms with Crippen LogP contribution in [0.4, 0.5) is 26.1 Å². The zero-order valence-electron chi connectivity index (χ0n) is 30.0. The molecular weight excluding hydrogens is 1010 g/mol. The van der Waals surface area contributed by atoms with E-state index in [4.69, 9.17) is 4.52 Å². The predicted molar refractivity (Wildman–Crippen MR) is 219 cm³/mol. The van der Waals surface area contributed by atoms with Crippen molar-refractivity contribution in [1.82, 2.24) is 35.8 Å². The maximum atomic E-state index is 13.5. The van der Waals surface area contributed by atoms with Gasteiger partial charge in [0.1, 0.15) is 11.6 Å². The molecule has 0 bridgehead atoms. The highest BCUT2D eigenvalue weighted by molar-refractivity contribution is 9.10. The number of aliphatic imine (C=N–C) groups is 1. The number of halogens is 4. The van der Waals surface area contributed by atoms with Gasteiger partial charge < -0.3 is 10.6 Å². The number of hydroxylamine groups is 1. The fraction of sp³-hybridized carbons (Fsp3) is 0.321. The van der Waals surface area contributed by atoms with Crippen molar-refractivity contribution in [2.24, 2.45) is 12.5 Å². The molecule has 23 nitrogen and oxygen atoms in total. The van der Waals surface area contributed by atoms with Crippen LogP contribution in [0.2, 0.25) is 0 Å². The first-order chi connectivity index (χ1) is 27.0. The molecule has 0 spiro atoms. The van der Waals surface area contributed by atoms with E-state index in [9.17, 15) is 44.0 Å². The lowest BCUT2D eigenvalue weighted by molar-refractivity contribution is 0.234. The van der Waals surface area contributed by atoms with Crippen LogP contribution in [0, 0.1) is 11.6 Å². The van der Waals surface area contributed by atoms with Gasteiger partial charge in [0.15, 0.2) is 17.2 Å². The molecule has 3 heterocycles. The molecule has 0 aliphatic carbocycles. The molecule has 0 aliphatic rings. The normalized spacial score (nSPS) is 13.8. The third kappa shape index (κ3) is 14.5. The van der Waals surface area contributed by atoms with Crippen molar-refractivity contribution < 1.29 is 53.0 Å². The van der Waals surface area contributed by atoms with Gasteiger partial charge in [-0.15, -0.1) is 7.54 Å². The molecule has 5 rings (SSSR count). The summed E-state index contributed by atoms with van der Waals surface area (Å²) in [6.07, 6.45) is 4.12. The molecule has 3 aromatic heterocycles. The molecule has 2 atom stereocenters. The molecule has 5 aromatic rings. The van der Waals surface area contributed by atoms with Gasteiger partial charge in [0.2, 0.25) is 17.5 Å². The van der Waals surface area contributed by atoms with Gasteiger partial charge in [-0.25, -0.2) is 57.6 Å². The Bertz CT molecular complexity index is 2870. The Morgan fingerprint density at radius 2 is 1.31 bits per heavy atom. The third-order valence-electron chi connectivity index (χ3n) is 6.56. The van der Waals surface area contributed by atoms with Crippen LogP contribution in [0.5, 0.6) is 0 Å². The van der Waals surface area contributed by atoms with Crippen molar-refractivity contribution in [3.05, 3.63) is 73.2 Å². The van der Waals surface area contributed by atoms with Crippen molar-refractivity contribution in [3.63, 3.8) is 0 Å². The Morgan fingerprint density at radius 3 is 1.85 bits per heavy atom. The number of nitrogens with zero attached hydrogens (tertiary/aromatic N) is 9. The summed E-state index contributed by atoms with van der Waals surface area (Å²) in [5.41, 5.74) is 2.36. The van der Waals surface area contributed by atoms with E-state index in [-0.39, 0.29) is 81.3 Å². The molecule has 324 valence electrons. The minimum atomic E-state index is -3.77. The summed E-state index contributed by atoms with van der Waals surface area (Å²) in [5, 5.41) is 33.1. The standard InChI is InChI=1S/C14H14BrFN6O6S2.C13H16BrFN6O5S2.CH4/c1-29(24,21-30(2,25)26)6-5-17-12-11(18-28-19-12)13-20-27-14(23)22(13)8-3-4-10(16)9(15)7-8;1-27(23,21-28(2,24)25)6-5-16-12-11(19-26-20-12)13(18-22)17-8-3-4-10(15)9(14)7-8;/h3-4,7H,5-6H2,1-2H3,(H,17,19);3-4,7,22H,5-6H2,1-2H3,(H,16,20)(H,17,18);1H4. The summed E-state index contributed by atoms with van der Waals surface area (Å²) in [7, 11) is -13.5. The highest BCUT2D eigenvalue weighted by atomic mass is 79.9. The van der Waals surface area contributed by atoms with Crippen molar-refractivity contribution in [3.8, 4) is 17.2 Å². The number of benzene rings is 2. The largest absolute Gasteiger partial charge is 0.446 e. The van der Waals surface area contributed by atoms with Crippen LogP contribution < -0.4 is 21.9 Å². The monoisotopic (exact) mass is 1040 g/mol.